The van der Waals surface area contributed by atoms with E-state index in [1.165, 1.54) is 33.4 Å². The molecule has 0 N–H and O–H groups in total. The first-order valence-corrected chi connectivity index (χ1v) is 7.15. The fraction of sp³-hybridized carbons (Fsp3) is 0.158. The molecule has 0 fully saturated rings. The largest absolute Gasteiger partial charge is 0.464 e. The van der Waals surface area contributed by atoms with Gasteiger partial charge in [-0.15, -0.1) is 0 Å². The molecule has 0 atom stereocenters. The highest BCUT2D eigenvalue weighted by Gasteiger charge is 2.23. The van der Waals surface area contributed by atoms with Gasteiger partial charge in [0, 0.05) is 5.56 Å². The molecule has 1 heteroatoms. The maximum absolute atomic E-state index is 5.69. The summed E-state index contributed by atoms with van der Waals surface area (Å²) < 4.78 is 5.69. The van der Waals surface area contributed by atoms with Crippen molar-refractivity contribution in [3.63, 3.8) is 0 Å². The Morgan fingerprint density at radius 3 is 2.65 bits per heavy atom. The third kappa shape index (κ3) is 1.56. The van der Waals surface area contributed by atoms with Crippen molar-refractivity contribution in [1.82, 2.24) is 0 Å². The zero-order valence-corrected chi connectivity index (χ0v) is 11.5. The van der Waals surface area contributed by atoms with Crippen LogP contribution in [0, 0.1) is 0 Å². The minimum atomic E-state index is 0.992. The van der Waals surface area contributed by atoms with Crippen LogP contribution in [-0.2, 0) is 12.8 Å². The highest BCUT2D eigenvalue weighted by Crippen LogP contribution is 2.43. The Morgan fingerprint density at radius 1 is 0.950 bits per heavy atom. The topological polar surface area (TPSA) is 13.1 Å². The third-order valence-electron chi connectivity index (χ3n) is 4.22. The standard InChI is InChI=1S/C19H16O/c1-2-13-9-10-16-15-7-4-3-6-14(15)12-17(16)19(13)18-8-5-11-20-18/h3-11H,2,12H2,1H3. The lowest BCUT2D eigenvalue weighted by Crippen LogP contribution is -1.93. The number of hydrogen-bond donors (Lipinski definition) is 0. The molecule has 0 aliphatic heterocycles. The Hall–Kier alpha value is -2.28. The highest BCUT2D eigenvalue weighted by atomic mass is 16.3. The molecule has 1 aliphatic carbocycles. The number of aryl methyl sites for hydroxylation is 1. The van der Waals surface area contributed by atoms with Gasteiger partial charge in [-0.1, -0.05) is 43.3 Å². The Bertz CT molecular complexity index is 766. The normalized spacial score (nSPS) is 12.2. The maximum atomic E-state index is 5.69. The van der Waals surface area contributed by atoms with Crippen molar-refractivity contribution >= 4 is 0 Å². The van der Waals surface area contributed by atoms with Gasteiger partial charge in [0.15, 0.2) is 0 Å². The van der Waals surface area contributed by atoms with Gasteiger partial charge in [-0.3, -0.25) is 0 Å². The van der Waals surface area contributed by atoms with Crippen LogP contribution in [0.3, 0.4) is 0 Å². The van der Waals surface area contributed by atoms with Crippen LogP contribution in [0.1, 0.15) is 23.6 Å². The van der Waals surface area contributed by atoms with E-state index in [1.807, 2.05) is 6.07 Å². The highest BCUT2D eigenvalue weighted by molar-refractivity contribution is 5.85. The van der Waals surface area contributed by atoms with Crippen molar-refractivity contribution in [3.8, 4) is 22.5 Å². The molecule has 1 nitrogen and oxygen atoms in total. The van der Waals surface area contributed by atoms with Crippen LogP contribution in [0.4, 0.5) is 0 Å². The van der Waals surface area contributed by atoms with Crippen LogP contribution in [0.25, 0.3) is 22.5 Å². The molecule has 2 aromatic carbocycles. The molecule has 0 radical (unpaired) electrons. The summed E-state index contributed by atoms with van der Waals surface area (Å²) in [4.78, 5) is 0. The van der Waals surface area contributed by atoms with Crippen molar-refractivity contribution in [2.45, 2.75) is 19.8 Å². The second-order valence-electron chi connectivity index (χ2n) is 5.29. The molecular formula is C19H16O. The molecule has 1 aliphatic rings. The number of rotatable bonds is 2. The molecule has 1 aromatic heterocycles. The monoisotopic (exact) mass is 260 g/mol. The number of fused-ring (bicyclic) bond motifs is 3. The molecule has 0 bridgehead atoms. The molecule has 3 aromatic rings. The lowest BCUT2D eigenvalue weighted by molar-refractivity contribution is 0.581. The zero-order chi connectivity index (χ0) is 13.5. The van der Waals surface area contributed by atoms with E-state index in [-0.39, 0.29) is 0 Å². The average molecular weight is 260 g/mol. The molecule has 0 saturated carbocycles. The quantitative estimate of drug-likeness (QED) is 0.490. The first-order valence-electron chi connectivity index (χ1n) is 7.15. The molecule has 0 amide bonds. The predicted molar refractivity (Wildman–Crippen MR) is 81.8 cm³/mol. The van der Waals surface area contributed by atoms with E-state index in [0.717, 1.165) is 18.6 Å². The van der Waals surface area contributed by atoms with Gasteiger partial charge in [-0.05, 0) is 52.8 Å². The second kappa shape index (κ2) is 4.38. The van der Waals surface area contributed by atoms with E-state index < -0.39 is 0 Å². The summed E-state index contributed by atoms with van der Waals surface area (Å²) in [5.41, 5.74) is 8.24. The fourth-order valence-electron chi connectivity index (χ4n) is 3.28. The summed E-state index contributed by atoms with van der Waals surface area (Å²) in [6.45, 7) is 2.20. The van der Waals surface area contributed by atoms with Crippen LogP contribution in [-0.4, -0.2) is 0 Å². The first kappa shape index (κ1) is 11.5. The average Bonchev–Trinajstić information content (AvgIpc) is 3.13. The molecule has 0 unspecified atom stereocenters. The minimum absolute atomic E-state index is 0.992. The van der Waals surface area contributed by atoms with Gasteiger partial charge < -0.3 is 4.42 Å². The Kier molecular flexibility index (Phi) is 2.53. The summed E-state index contributed by atoms with van der Waals surface area (Å²) >= 11 is 0. The van der Waals surface area contributed by atoms with Gasteiger partial charge in [0.1, 0.15) is 5.76 Å². The summed E-state index contributed by atoms with van der Waals surface area (Å²) in [5, 5.41) is 0. The van der Waals surface area contributed by atoms with Crippen molar-refractivity contribution in [2.75, 3.05) is 0 Å². The Labute approximate surface area is 118 Å². The number of hydrogen-bond acceptors (Lipinski definition) is 1. The van der Waals surface area contributed by atoms with Gasteiger partial charge >= 0.3 is 0 Å². The van der Waals surface area contributed by atoms with Crippen LogP contribution < -0.4 is 0 Å². The fourth-order valence-corrected chi connectivity index (χ4v) is 3.28. The molecule has 20 heavy (non-hydrogen) atoms. The summed E-state index contributed by atoms with van der Waals surface area (Å²) in [6, 6.07) is 17.2. The van der Waals surface area contributed by atoms with Gasteiger partial charge in [-0.2, -0.15) is 0 Å². The van der Waals surface area contributed by atoms with E-state index in [4.69, 9.17) is 4.42 Å². The van der Waals surface area contributed by atoms with Crippen LogP contribution in [0.2, 0.25) is 0 Å². The molecule has 1 heterocycles. The molecule has 0 saturated heterocycles. The minimum Gasteiger partial charge on any atom is -0.464 e. The predicted octanol–water partition coefficient (Wildman–Crippen LogP) is 5.08. The third-order valence-corrected chi connectivity index (χ3v) is 4.22. The van der Waals surface area contributed by atoms with Gasteiger partial charge in [-0.25, -0.2) is 0 Å². The van der Waals surface area contributed by atoms with Gasteiger partial charge in [0.2, 0.25) is 0 Å². The Morgan fingerprint density at radius 2 is 1.85 bits per heavy atom. The summed E-state index contributed by atoms with van der Waals surface area (Å²) in [7, 11) is 0. The van der Waals surface area contributed by atoms with Crippen molar-refractivity contribution in [3.05, 3.63) is 71.5 Å². The first-order chi connectivity index (χ1) is 9.88. The SMILES string of the molecule is CCc1ccc2c(c1-c1ccco1)Cc1ccccc1-2. The van der Waals surface area contributed by atoms with Gasteiger partial charge in [0.25, 0.3) is 0 Å². The lowest BCUT2D eigenvalue weighted by atomic mass is 9.93. The van der Waals surface area contributed by atoms with Crippen LogP contribution in [0.15, 0.2) is 59.2 Å². The van der Waals surface area contributed by atoms with E-state index >= 15 is 0 Å². The molecule has 0 spiro atoms. The van der Waals surface area contributed by atoms with Crippen molar-refractivity contribution in [2.24, 2.45) is 0 Å². The van der Waals surface area contributed by atoms with E-state index in [0.29, 0.717) is 0 Å². The number of benzene rings is 2. The van der Waals surface area contributed by atoms with E-state index in [1.54, 1.807) is 6.26 Å². The molecule has 4 rings (SSSR count). The second-order valence-corrected chi connectivity index (χ2v) is 5.29. The smallest absolute Gasteiger partial charge is 0.134 e. The van der Waals surface area contributed by atoms with Crippen LogP contribution in [0.5, 0.6) is 0 Å². The van der Waals surface area contributed by atoms with Gasteiger partial charge in [0.05, 0.1) is 6.26 Å². The Balaban J connectivity index is 2.01. The summed E-state index contributed by atoms with van der Waals surface area (Å²) in [6.07, 6.45) is 3.80. The molecule has 98 valence electrons. The van der Waals surface area contributed by atoms with E-state index in [9.17, 15) is 0 Å². The number of furan rings is 1. The lowest BCUT2D eigenvalue weighted by Gasteiger charge is -2.11. The van der Waals surface area contributed by atoms with E-state index in [2.05, 4.69) is 49.4 Å². The van der Waals surface area contributed by atoms with Crippen molar-refractivity contribution in [1.29, 1.82) is 0 Å². The zero-order valence-electron chi connectivity index (χ0n) is 11.5. The molecular weight excluding hydrogens is 244 g/mol. The summed E-state index contributed by atoms with van der Waals surface area (Å²) in [5.74, 6) is 0.992. The maximum Gasteiger partial charge on any atom is 0.134 e. The van der Waals surface area contributed by atoms with Crippen molar-refractivity contribution < 1.29 is 4.42 Å². The van der Waals surface area contributed by atoms with Crippen LogP contribution >= 0.6 is 0 Å².